The second-order valence-corrected chi connectivity index (χ2v) is 6.25. The monoisotopic (exact) mass is 346 g/mol. The summed E-state index contributed by atoms with van der Waals surface area (Å²) in [6, 6.07) is 9.97. The molecule has 4 nitrogen and oxygen atoms in total. The summed E-state index contributed by atoms with van der Waals surface area (Å²) < 4.78 is 11.3. The van der Waals surface area contributed by atoms with E-state index in [0.717, 1.165) is 17.7 Å². The second-order valence-electron chi connectivity index (χ2n) is 5.89. The number of hydrogen-bond acceptors (Lipinski definition) is 4. The molecule has 0 radical (unpaired) electrons. The molecule has 0 fully saturated rings. The molecule has 0 N–H and O–H groups in total. The second kappa shape index (κ2) is 9.40. The van der Waals surface area contributed by atoms with Gasteiger partial charge >= 0.3 is 0 Å². The molecule has 1 heterocycles. The summed E-state index contributed by atoms with van der Waals surface area (Å²) in [6.45, 7) is 9.02. The number of hydrogen-bond donors (Lipinski definition) is 0. The van der Waals surface area contributed by atoms with E-state index in [1.165, 1.54) is 0 Å². The van der Waals surface area contributed by atoms with Crippen LogP contribution in [0.15, 0.2) is 43.0 Å². The van der Waals surface area contributed by atoms with Crippen LogP contribution in [0.2, 0.25) is 5.15 Å². The first-order chi connectivity index (χ1) is 11.6. The molecule has 0 aliphatic heterocycles. The van der Waals surface area contributed by atoms with Gasteiger partial charge in [0.25, 0.3) is 0 Å². The minimum atomic E-state index is 0.279. The van der Waals surface area contributed by atoms with Gasteiger partial charge in [0.15, 0.2) is 5.15 Å². The van der Waals surface area contributed by atoms with Gasteiger partial charge in [-0.15, -0.1) is 6.58 Å². The highest BCUT2D eigenvalue weighted by Gasteiger charge is 2.15. The van der Waals surface area contributed by atoms with E-state index in [-0.39, 0.29) is 6.61 Å². The number of rotatable bonds is 9. The third-order valence-corrected chi connectivity index (χ3v) is 3.55. The van der Waals surface area contributed by atoms with E-state index in [9.17, 15) is 0 Å². The fourth-order valence-electron chi connectivity index (χ4n) is 2.16. The molecule has 0 atom stereocenters. The third-order valence-electron chi connectivity index (χ3n) is 3.25. The Bertz CT molecular complexity index is 660. The Labute approximate surface area is 148 Å². The molecule has 0 aliphatic rings. The number of benzene rings is 1. The summed E-state index contributed by atoms with van der Waals surface area (Å²) in [6.07, 6.45) is 2.44. The highest BCUT2D eigenvalue weighted by Crippen LogP contribution is 2.24. The van der Waals surface area contributed by atoms with Crippen molar-refractivity contribution >= 4 is 11.6 Å². The van der Waals surface area contributed by atoms with Crippen molar-refractivity contribution in [2.75, 3.05) is 6.61 Å². The van der Waals surface area contributed by atoms with Crippen LogP contribution in [0.25, 0.3) is 0 Å². The van der Waals surface area contributed by atoms with E-state index >= 15 is 0 Å². The van der Waals surface area contributed by atoms with Gasteiger partial charge in [0.05, 0.1) is 13.2 Å². The van der Waals surface area contributed by atoms with Crippen LogP contribution in [0.4, 0.5) is 0 Å². The summed E-state index contributed by atoms with van der Waals surface area (Å²) in [4.78, 5) is 9.01. The lowest BCUT2D eigenvalue weighted by molar-refractivity contribution is 0.144. The van der Waals surface area contributed by atoms with Crippen LogP contribution in [0.3, 0.4) is 0 Å². The largest absolute Gasteiger partial charge is 0.471 e. The molecule has 2 rings (SSSR count). The number of nitrogens with zero attached hydrogens (tertiary/aromatic N) is 2. The van der Waals surface area contributed by atoms with Gasteiger partial charge in [-0.3, -0.25) is 0 Å². The molecular weight excluding hydrogens is 324 g/mol. The van der Waals surface area contributed by atoms with E-state index < -0.39 is 0 Å². The van der Waals surface area contributed by atoms with Gasteiger partial charge in [-0.05, 0) is 17.9 Å². The van der Waals surface area contributed by atoms with Crippen molar-refractivity contribution in [3.8, 4) is 5.88 Å². The van der Waals surface area contributed by atoms with Crippen LogP contribution in [0.1, 0.15) is 30.8 Å². The summed E-state index contributed by atoms with van der Waals surface area (Å²) in [7, 11) is 0. The standard InChI is InChI=1S/C19H23ClN2O2/c1-4-10-23-13-17-18(20)21-16(11-14(2)3)19(22-17)24-12-15-8-6-5-7-9-15/h4-9,14H,1,10-13H2,2-3H3. The molecule has 1 aromatic heterocycles. The van der Waals surface area contributed by atoms with Crippen LogP contribution in [0.5, 0.6) is 5.88 Å². The molecule has 0 spiro atoms. The predicted molar refractivity (Wildman–Crippen MR) is 96.2 cm³/mol. The molecule has 5 heteroatoms. The van der Waals surface area contributed by atoms with Gasteiger partial charge in [-0.2, -0.15) is 0 Å². The van der Waals surface area contributed by atoms with Crippen molar-refractivity contribution < 1.29 is 9.47 Å². The molecule has 128 valence electrons. The smallest absolute Gasteiger partial charge is 0.236 e. The molecule has 24 heavy (non-hydrogen) atoms. The van der Waals surface area contributed by atoms with Gasteiger partial charge in [0.2, 0.25) is 5.88 Å². The van der Waals surface area contributed by atoms with E-state index in [1.54, 1.807) is 6.08 Å². The predicted octanol–water partition coefficient (Wildman–Crippen LogP) is 4.61. The van der Waals surface area contributed by atoms with Crippen LogP contribution >= 0.6 is 11.6 Å². The van der Waals surface area contributed by atoms with Gasteiger partial charge < -0.3 is 9.47 Å². The highest BCUT2D eigenvalue weighted by molar-refractivity contribution is 6.30. The Morgan fingerprint density at radius 2 is 1.88 bits per heavy atom. The maximum absolute atomic E-state index is 6.25. The number of halogens is 1. The maximum atomic E-state index is 6.25. The van der Waals surface area contributed by atoms with Gasteiger partial charge in [0, 0.05) is 0 Å². The van der Waals surface area contributed by atoms with Crippen LogP contribution < -0.4 is 4.74 Å². The number of ether oxygens (including phenoxy) is 2. The molecule has 0 amide bonds. The zero-order valence-electron chi connectivity index (χ0n) is 14.2. The number of aromatic nitrogens is 2. The van der Waals surface area contributed by atoms with E-state index in [1.807, 2.05) is 30.3 Å². The van der Waals surface area contributed by atoms with Crippen molar-refractivity contribution in [2.24, 2.45) is 5.92 Å². The third kappa shape index (κ3) is 5.62. The van der Waals surface area contributed by atoms with Crippen molar-refractivity contribution in [3.05, 3.63) is 65.1 Å². The SMILES string of the molecule is C=CCOCc1nc(OCc2ccccc2)c(CC(C)C)nc1Cl. The van der Waals surface area contributed by atoms with Crippen LogP contribution in [0, 0.1) is 5.92 Å². The zero-order valence-corrected chi connectivity index (χ0v) is 14.9. The average molecular weight is 347 g/mol. The minimum absolute atomic E-state index is 0.279. The minimum Gasteiger partial charge on any atom is -0.471 e. The lowest BCUT2D eigenvalue weighted by atomic mass is 10.1. The first-order valence-corrected chi connectivity index (χ1v) is 8.38. The van der Waals surface area contributed by atoms with Crippen molar-refractivity contribution in [2.45, 2.75) is 33.5 Å². The molecule has 0 saturated heterocycles. The lowest BCUT2D eigenvalue weighted by Gasteiger charge is -2.14. The Balaban J connectivity index is 2.19. The molecule has 0 bridgehead atoms. The molecule has 0 aliphatic carbocycles. The molecule has 0 saturated carbocycles. The Morgan fingerprint density at radius 1 is 1.12 bits per heavy atom. The Hall–Kier alpha value is -1.91. The van der Waals surface area contributed by atoms with E-state index in [2.05, 4.69) is 30.4 Å². The summed E-state index contributed by atoms with van der Waals surface area (Å²) in [5.74, 6) is 0.950. The normalized spacial score (nSPS) is 10.8. The molecular formula is C19H23ClN2O2. The van der Waals surface area contributed by atoms with Crippen molar-refractivity contribution in [1.29, 1.82) is 0 Å². The highest BCUT2D eigenvalue weighted by atomic mass is 35.5. The Morgan fingerprint density at radius 3 is 2.54 bits per heavy atom. The summed E-state index contributed by atoms with van der Waals surface area (Å²) >= 11 is 6.25. The Kier molecular flexibility index (Phi) is 7.22. The lowest BCUT2D eigenvalue weighted by Crippen LogP contribution is -2.09. The van der Waals surface area contributed by atoms with Gasteiger partial charge in [-0.1, -0.05) is 61.9 Å². The molecule has 1 aromatic carbocycles. The van der Waals surface area contributed by atoms with Crippen LogP contribution in [-0.4, -0.2) is 16.6 Å². The maximum Gasteiger partial charge on any atom is 0.236 e. The first-order valence-electron chi connectivity index (χ1n) is 8.00. The fourth-order valence-corrected chi connectivity index (χ4v) is 2.35. The van der Waals surface area contributed by atoms with Gasteiger partial charge in [0.1, 0.15) is 18.0 Å². The first kappa shape index (κ1) is 18.4. The average Bonchev–Trinajstić information content (AvgIpc) is 2.56. The summed E-state index contributed by atoms with van der Waals surface area (Å²) in [5, 5.41) is 0.363. The van der Waals surface area contributed by atoms with E-state index in [4.69, 9.17) is 21.1 Å². The summed E-state index contributed by atoms with van der Waals surface area (Å²) in [5.41, 5.74) is 2.43. The topological polar surface area (TPSA) is 44.2 Å². The van der Waals surface area contributed by atoms with Crippen molar-refractivity contribution in [3.63, 3.8) is 0 Å². The van der Waals surface area contributed by atoms with Gasteiger partial charge in [-0.25, -0.2) is 9.97 Å². The quantitative estimate of drug-likeness (QED) is 0.491. The molecule has 2 aromatic rings. The van der Waals surface area contributed by atoms with Crippen LogP contribution in [-0.2, 0) is 24.4 Å². The fraction of sp³-hybridized carbons (Fsp3) is 0.368. The van der Waals surface area contributed by atoms with E-state index in [0.29, 0.717) is 35.9 Å². The van der Waals surface area contributed by atoms with Crippen molar-refractivity contribution in [1.82, 2.24) is 9.97 Å². The molecule has 0 unspecified atom stereocenters. The zero-order chi connectivity index (χ0) is 17.4.